The number of benzene rings is 2. The number of H-pyrrole nitrogens is 1. The number of nitrogens with two attached hydrogens (primary N) is 5. The Balaban J connectivity index is 1.40. The minimum absolute atomic E-state index is 0.0315. The van der Waals surface area contributed by atoms with Crippen molar-refractivity contribution >= 4 is 132 Å². The zero-order chi connectivity index (χ0) is 82.6. The van der Waals surface area contributed by atoms with Crippen LogP contribution in [0.2, 0.25) is 0 Å². The number of phenolic OH excluding ortho intramolecular Hbond substituents is 1. The molecule has 9 amide bonds. The Kier molecular flexibility index (Phi) is 34.8. The number of carboxylic acids is 2. The number of carbonyl (C=O) groups is 16. The van der Waals surface area contributed by atoms with Crippen LogP contribution in [0.5, 0.6) is 5.75 Å². The summed E-state index contributed by atoms with van der Waals surface area (Å²) in [5.74, 6) is -24.3. The molecule has 7 rings (SSSR count). The van der Waals surface area contributed by atoms with Crippen molar-refractivity contribution < 1.29 is 97.1 Å². The molecule has 13 atom stereocenters. The van der Waals surface area contributed by atoms with E-state index in [1.165, 1.54) is 35.1 Å². The molecule has 0 unspecified atom stereocenters. The lowest BCUT2D eigenvalue weighted by Crippen LogP contribution is -2.52. The highest BCUT2D eigenvalue weighted by Crippen LogP contribution is 2.31. The topological polar surface area (TPSA) is 618 Å². The van der Waals surface area contributed by atoms with Crippen molar-refractivity contribution in [1.29, 1.82) is 0 Å². The molecule has 3 aliphatic heterocycles. The number of Topliss-reactive ketones (excluding diaryl/α,β-unsaturated/α-hetero) is 6. The molecule has 0 spiro atoms. The van der Waals surface area contributed by atoms with Crippen LogP contribution in [0.15, 0.2) is 65.9 Å². The predicted molar refractivity (Wildman–Crippen MR) is 411 cm³/mol. The molecule has 0 aliphatic carbocycles. The molecule has 4 bridgehead atoms. The summed E-state index contributed by atoms with van der Waals surface area (Å²) >= 11 is 0. The molecule has 2 aromatic carbocycles. The number of hydrogen-bond acceptors (Lipinski definition) is 24. The van der Waals surface area contributed by atoms with Crippen LogP contribution in [0.4, 0.5) is 4.79 Å². The first kappa shape index (κ1) is 89.5. The lowest BCUT2D eigenvalue weighted by molar-refractivity contribution is -0.148. The predicted octanol–water partition coefficient (Wildman–Crippen LogP) is -0.785. The van der Waals surface area contributed by atoms with E-state index in [0.29, 0.717) is 22.0 Å². The summed E-state index contributed by atoms with van der Waals surface area (Å²) in [7, 11) is 1.84. The van der Waals surface area contributed by atoms with Crippen LogP contribution >= 0.6 is 21.6 Å². The number of primary amides is 2. The first-order chi connectivity index (χ1) is 53.8. The number of carbonyl (C=O) groups excluding carboxylic acids is 14. The van der Waals surface area contributed by atoms with Gasteiger partial charge >= 0.3 is 18.0 Å². The second kappa shape index (κ2) is 44.0. The lowest BCUT2D eigenvalue weighted by atomic mass is 9.88. The quantitative estimate of drug-likeness (QED) is 0.0177. The number of aromatic amines is 1. The summed E-state index contributed by atoms with van der Waals surface area (Å²) in [6, 6.07) is 2.30. The van der Waals surface area contributed by atoms with Gasteiger partial charge in [-0.1, -0.05) is 57.1 Å². The van der Waals surface area contributed by atoms with Crippen molar-refractivity contribution in [3.8, 4) is 5.75 Å². The maximum atomic E-state index is 15.5. The molecule has 21 N–H and O–H groups in total. The second-order valence-electron chi connectivity index (χ2n) is 28.8. The van der Waals surface area contributed by atoms with E-state index in [9.17, 15) is 73.2 Å². The fourth-order valence-corrected chi connectivity index (χ4v) is 16.4. The standard InChI is InChI=1S/C74H101N17O20S2/c1-39(92)66-62(99)31-45(33-65(102)103)71(108)91-23-6-11-56(91)61(98)30-42(7-4-21-80-73(77)78)68(105)86-55-38-113-112-37-54(83-64(101)34-75)59(96)29-44(70(107)87-66)20-24-90-36-48(88-89-90)15-18-52(57(94)32-46(72(109)110)25-40-12-16-49(93)17-13-40)84-69(106)43(14-19-63(76)100)28-58(95)53(26-47-35-82-51-10-3-2-9-50(47)51)85-67(104)41(27-60(55)97)8-5-22-81-74(79)111/h2-3,9-10,12-13,16-17,35-36,39,41-46,52-56,66,82,92-93H,4-8,11,14-15,18-34,37-38,75H2,1H3,(H2,76,100)(H,83,101)(H,84,106)(H,85,104)(H,86,105)(H,87,107)(H,102,103)(H,109,110)(H4,77,78,80)(H3,79,81,111)/t39-,41-,42-,43-,44-,45+,46-,52+,53+,54+,55+,56+,66+/m1/s1. The molecule has 2 saturated heterocycles. The van der Waals surface area contributed by atoms with E-state index >= 15 is 24.0 Å². The molecule has 5 heterocycles. The van der Waals surface area contributed by atoms with Crippen molar-refractivity contribution in [2.45, 2.75) is 184 Å². The maximum absolute atomic E-state index is 15.5. The first-order valence-electron chi connectivity index (χ1n) is 37.4. The number of hydrogen-bond donors (Lipinski definition) is 16. The van der Waals surface area contributed by atoms with Crippen molar-refractivity contribution in [1.82, 2.24) is 56.8 Å². The molecule has 37 nitrogen and oxygen atoms in total. The van der Waals surface area contributed by atoms with Gasteiger partial charge in [-0.2, -0.15) is 0 Å². The number of carboxylic acid groups (broad SMARTS) is 2. The van der Waals surface area contributed by atoms with Crippen molar-refractivity contribution in [2.75, 3.05) is 37.7 Å². The number of rotatable bonds is 24. The number of nitrogens with zero attached hydrogens (tertiary/aromatic N) is 5. The summed E-state index contributed by atoms with van der Waals surface area (Å²) in [6.45, 7) is -0.0349. The van der Waals surface area contributed by atoms with Crippen LogP contribution < -0.4 is 60.6 Å². The number of aliphatic hydroxyl groups excluding tert-OH is 1. The molecule has 113 heavy (non-hydrogen) atoms. The molecule has 3 aliphatic rings. The third-order valence-electron chi connectivity index (χ3n) is 20.2. The molecule has 0 radical (unpaired) electrons. The van der Waals surface area contributed by atoms with Gasteiger partial charge in [0.05, 0.1) is 66.8 Å². The van der Waals surface area contributed by atoms with E-state index < -0.39 is 236 Å². The highest BCUT2D eigenvalue weighted by Gasteiger charge is 2.43. The summed E-state index contributed by atoms with van der Waals surface area (Å²) in [5.41, 5.74) is 29.9. The number of aromatic nitrogens is 4. The monoisotopic (exact) mass is 1610 g/mol. The number of guanidine groups is 1. The van der Waals surface area contributed by atoms with Gasteiger partial charge in [0.1, 0.15) is 11.8 Å². The van der Waals surface area contributed by atoms with Gasteiger partial charge in [0.15, 0.2) is 40.7 Å². The zero-order valence-corrected chi connectivity index (χ0v) is 64.3. The van der Waals surface area contributed by atoms with E-state index in [1.54, 1.807) is 30.5 Å². The van der Waals surface area contributed by atoms with Gasteiger partial charge in [-0.05, 0) is 107 Å². The van der Waals surface area contributed by atoms with Crippen LogP contribution in [-0.4, -0.2) is 225 Å². The van der Waals surface area contributed by atoms with Gasteiger partial charge in [-0.3, -0.25) is 81.6 Å². The SMILES string of the molecule is C[C@@H](O)[C@@H]1NC(=O)[C@@H]2CCn3cc(nn3)CC[C@@H](C(=O)C[C@@H](Cc3ccc(O)cc3)C(=O)O)NC(=O)[C@H](CCC(N)=O)CC(=O)[C@H](Cc3c[nH]c4ccccc34)NC(=O)[C@H](CCCNC(N)=O)CC(=O)[C@H](CSSC[C@H](NC(=O)CN)C(=O)C2)NC(=O)[C@H](CCCN=C(N)N)CC(=O)[C@@H]2CCCN2C(=O)[C@H](CC(=O)O)CC1=O. The first-order valence-corrected chi connectivity index (χ1v) is 39.9. The third kappa shape index (κ3) is 28.2. The Labute approximate surface area is 657 Å². The second-order valence-corrected chi connectivity index (χ2v) is 31.3. The fraction of sp³-hybridized carbons (Fsp3) is 0.554. The van der Waals surface area contributed by atoms with E-state index in [-0.39, 0.29) is 126 Å². The summed E-state index contributed by atoms with van der Waals surface area (Å²) < 4.78 is 1.25. The van der Waals surface area contributed by atoms with E-state index in [0.717, 1.165) is 33.4 Å². The largest absolute Gasteiger partial charge is 0.508 e. The number of phenols is 1. The highest BCUT2D eigenvalue weighted by atomic mass is 33.1. The smallest absolute Gasteiger partial charge is 0.312 e. The number of aryl methyl sites for hydroxylation is 2. The van der Waals surface area contributed by atoms with Crippen LogP contribution in [0.3, 0.4) is 0 Å². The van der Waals surface area contributed by atoms with Gasteiger partial charge in [0, 0.05) is 136 Å². The Hall–Kier alpha value is -10.7. The summed E-state index contributed by atoms with van der Waals surface area (Å²) in [6.07, 6.45) is -6.33. The number of aromatic hydroxyl groups is 1. The number of aliphatic hydroxyl groups is 1. The normalized spacial score (nSPS) is 24.2. The highest BCUT2D eigenvalue weighted by molar-refractivity contribution is 8.76. The fourth-order valence-electron chi connectivity index (χ4n) is 14.0. The Morgan fingerprint density at radius 2 is 1.38 bits per heavy atom. The average molecular weight is 1610 g/mol. The van der Waals surface area contributed by atoms with Gasteiger partial charge < -0.3 is 90.9 Å². The van der Waals surface area contributed by atoms with Crippen LogP contribution in [-0.2, 0) is 97.7 Å². The van der Waals surface area contributed by atoms with Crippen molar-refractivity contribution in [3.05, 3.63) is 77.7 Å². The number of para-hydroxylation sites is 1. The molecule has 2 fully saturated rings. The molecule has 4 aromatic rings. The Morgan fingerprint density at radius 1 is 0.717 bits per heavy atom. The zero-order valence-electron chi connectivity index (χ0n) is 62.6. The summed E-state index contributed by atoms with van der Waals surface area (Å²) in [4.78, 5) is 237. The number of ketones is 6. The molecule has 614 valence electrons. The minimum atomic E-state index is -1.86. The molecule has 0 saturated carbocycles. The number of aliphatic imine (C=N–C) groups is 1. The molecule has 39 heteroatoms. The minimum Gasteiger partial charge on any atom is -0.508 e. The number of amides is 9. The van der Waals surface area contributed by atoms with E-state index in [4.69, 9.17) is 28.7 Å². The number of fused-ring (bicyclic) bond motifs is 12. The van der Waals surface area contributed by atoms with Crippen LogP contribution in [0.25, 0.3) is 10.9 Å². The Bertz CT molecular complexity index is 4130. The molecule has 2 aromatic heterocycles. The number of nitrogens with one attached hydrogen (secondary N) is 7. The molecular weight excluding hydrogens is 1510 g/mol. The van der Waals surface area contributed by atoms with Crippen molar-refractivity contribution in [3.63, 3.8) is 0 Å². The number of urea groups is 1. The average Bonchev–Trinajstić information content (AvgIpc) is 1.71. The summed E-state index contributed by atoms with van der Waals surface area (Å²) in [5, 5.41) is 66.8. The Morgan fingerprint density at radius 3 is 2.06 bits per heavy atom. The lowest BCUT2D eigenvalue weighted by Gasteiger charge is -2.30. The van der Waals surface area contributed by atoms with Gasteiger partial charge in [-0.15, -0.1) is 5.10 Å². The van der Waals surface area contributed by atoms with Gasteiger partial charge in [0.2, 0.25) is 41.4 Å². The third-order valence-corrected chi connectivity index (χ3v) is 22.6. The van der Waals surface area contributed by atoms with Gasteiger partial charge in [-0.25, -0.2) is 4.79 Å². The van der Waals surface area contributed by atoms with Crippen molar-refractivity contribution in [2.24, 2.45) is 69.2 Å². The van der Waals surface area contributed by atoms with Crippen LogP contribution in [0.1, 0.15) is 133 Å². The van der Waals surface area contributed by atoms with Gasteiger partial charge in [0.25, 0.3) is 0 Å². The van der Waals surface area contributed by atoms with Crippen LogP contribution in [0, 0.1) is 35.5 Å². The van der Waals surface area contributed by atoms with E-state index in [2.05, 4.69) is 52.2 Å². The number of aliphatic carboxylic acids is 2. The maximum Gasteiger partial charge on any atom is 0.312 e. The molecular formula is C74H101N17O20S2. The van der Waals surface area contributed by atoms with E-state index in [1.807, 2.05) is 0 Å².